The molecule has 3 aromatic rings. The average Bonchev–Trinajstić information content (AvgIpc) is 2.96. The molecule has 0 fully saturated rings. The molecule has 0 radical (unpaired) electrons. The van der Waals surface area contributed by atoms with Crippen LogP contribution in [0.4, 0.5) is 0 Å². The maximum Gasteiger partial charge on any atom is 0.328 e. The second kappa shape index (κ2) is 6.86. The molecule has 0 saturated carbocycles. The molecule has 0 bridgehead atoms. The van der Waals surface area contributed by atoms with E-state index in [0.29, 0.717) is 33.6 Å². The summed E-state index contributed by atoms with van der Waals surface area (Å²) in [5, 5.41) is 9.49. The lowest BCUT2D eigenvalue weighted by Gasteiger charge is -2.09. The van der Waals surface area contributed by atoms with Gasteiger partial charge in [0.15, 0.2) is 11.5 Å². The van der Waals surface area contributed by atoms with Gasteiger partial charge in [-0.3, -0.25) is 4.40 Å². The first kappa shape index (κ1) is 16.9. The monoisotopic (exact) mass is 358 g/mol. The predicted molar refractivity (Wildman–Crippen MR) is 95.4 cm³/mol. The third-order valence-corrected chi connectivity index (χ3v) is 3.88. The number of hydrogen-bond acceptors (Lipinski definition) is 4. The van der Waals surface area contributed by atoms with Gasteiger partial charge in [0.05, 0.1) is 30.6 Å². The zero-order chi connectivity index (χ0) is 18.0. The Labute approximate surface area is 148 Å². The molecule has 2 aromatic heterocycles. The van der Waals surface area contributed by atoms with Crippen molar-refractivity contribution >= 4 is 29.3 Å². The van der Waals surface area contributed by atoms with E-state index in [1.54, 1.807) is 49.1 Å². The molecule has 0 unspecified atom stereocenters. The number of carboxylic acids is 1. The standard InChI is InChI=1S/C18H15ClN2O4/c1-24-14-6-3-11(9-15(14)25-2)18-13(5-8-17(22)23)21-10-12(19)4-7-16(21)20-18/h3-10H,1-2H3,(H,22,23)/b8-5+. The molecule has 3 rings (SSSR count). The van der Waals surface area contributed by atoms with E-state index in [1.807, 2.05) is 6.07 Å². The minimum Gasteiger partial charge on any atom is -0.493 e. The number of carbonyl (C=O) groups is 1. The normalized spacial score (nSPS) is 11.2. The van der Waals surface area contributed by atoms with Crippen molar-refractivity contribution in [3.05, 3.63) is 53.3 Å². The summed E-state index contributed by atoms with van der Waals surface area (Å²) in [5.41, 5.74) is 2.63. The highest BCUT2D eigenvalue weighted by Crippen LogP contribution is 2.34. The van der Waals surface area contributed by atoms with Crippen LogP contribution in [0.1, 0.15) is 5.69 Å². The van der Waals surface area contributed by atoms with Gasteiger partial charge in [-0.05, 0) is 36.4 Å². The van der Waals surface area contributed by atoms with Gasteiger partial charge in [-0.1, -0.05) is 11.6 Å². The van der Waals surface area contributed by atoms with Gasteiger partial charge in [-0.15, -0.1) is 0 Å². The van der Waals surface area contributed by atoms with Crippen molar-refractivity contribution in [1.29, 1.82) is 0 Å². The van der Waals surface area contributed by atoms with Crippen LogP contribution in [0.5, 0.6) is 11.5 Å². The Kier molecular flexibility index (Phi) is 4.63. The fourth-order valence-corrected chi connectivity index (χ4v) is 2.70. The lowest BCUT2D eigenvalue weighted by molar-refractivity contribution is -0.131. The molecule has 0 saturated heterocycles. The Hall–Kier alpha value is -2.99. The summed E-state index contributed by atoms with van der Waals surface area (Å²) in [6.45, 7) is 0. The zero-order valence-corrected chi connectivity index (χ0v) is 14.3. The summed E-state index contributed by atoms with van der Waals surface area (Å²) < 4.78 is 12.3. The molecule has 0 aliphatic rings. The molecule has 1 aromatic carbocycles. The summed E-state index contributed by atoms with van der Waals surface area (Å²) in [5.74, 6) is 0.110. The van der Waals surface area contributed by atoms with E-state index < -0.39 is 5.97 Å². The first-order chi connectivity index (χ1) is 12.0. The summed E-state index contributed by atoms with van der Waals surface area (Å²) in [6.07, 6.45) is 4.25. The Bertz CT molecular complexity index is 979. The van der Waals surface area contributed by atoms with Crippen LogP contribution in [0.25, 0.3) is 23.0 Å². The van der Waals surface area contributed by atoms with E-state index in [9.17, 15) is 4.79 Å². The van der Waals surface area contributed by atoms with E-state index in [-0.39, 0.29) is 0 Å². The number of carboxylic acid groups (broad SMARTS) is 1. The Morgan fingerprint density at radius 2 is 1.96 bits per heavy atom. The molecule has 128 valence electrons. The van der Waals surface area contributed by atoms with Crippen LogP contribution in [-0.4, -0.2) is 34.7 Å². The topological polar surface area (TPSA) is 73.1 Å². The number of aromatic nitrogens is 2. The average molecular weight is 359 g/mol. The van der Waals surface area contributed by atoms with E-state index >= 15 is 0 Å². The number of nitrogens with zero attached hydrogens (tertiary/aromatic N) is 2. The van der Waals surface area contributed by atoms with E-state index in [1.165, 1.54) is 6.08 Å². The van der Waals surface area contributed by atoms with Crippen molar-refractivity contribution in [2.45, 2.75) is 0 Å². The number of benzene rings is 1. The summed E-state index contributed by atoms with van der Waals surface area (Å²) in [7, 11) is 3.11. The molecule has 25 heavy (non-hydrogen) atoms. The van der Waals surface area contributed by atoms with Crippen LogP contribution >= 0.6 is 11.6 Å². The molecular weight excluding hydrogens is 344 g/mol. The largest absolute Gasteiger partial charge is 0.493 e. The Morgan fingerprint density at radius 3 is 2.64 bits per heavy atom. The molecule has 0 atom stereocenters. The van der Waals surface area contributed by atoms with Gasteiger partial charge in [-0.2, -0.15) is 0 Å². The highest BCUT2D eigenvalue weighted by Gasteiger charge is 2.15. The molecule has 0 amide bonds. The van der Waals surface area contributed by atoms with Gasteiger partial charge >= 0.3 is 5.97 Å². The fourth-order valence-electron chi connectivity index (χ4n) is 2.54. The molecule has 0 aliphatic carbocycles. The fraction of sp³-hybridized carbons (Fsp3) is 0.111. The minimum atomic E-state index is -1.05. The zero-order valence-electron chi connectivity index (χ0n) is 13.6. The quantitative estimate of drug-likeness (QED) is 0.703. The molecule has 2 heterocycles. The smallest absolute Gasteiger partial charge is 0.328 e. The van der Waals surface area contributed by atoms with E-state index in [4.69, 9.17) is 26.2 Å². The van der Waals surface area contributed by atoms with Gasteiger partial charge in [0.25, 0.3) is 0 Å². The lowest BCUT2D eigenvalue weighted by atomic mass is 10.1. The van der Waals surface area contributed by atoms with Crippen molar-refractivity contribution in [2.24, 2.45) is 0 Å². The van der Waals surface area contributed by atoms with Gasteiger partial charge < -0.3 is 14.6 Å². The number of pyridine rings is 1. The number of halogens is 1. The summed E-state index contributed by atoms with van der Waals surface area (Å²) in [6, 6.07) is 8.90. The van der Waals surface area contributed by atoms with Gasteiger partial charge in [-0.25, -0.2) is 9.78 Å². The molecular formula is C18H15ClN2O4. The number of rotatable bonds is 5. The lowest BCUT2D eigenvalue weighted by Crippen LogP contribution is -1.93. The van der Waals surface area contributed by atoms with Gasteiger partial charge in [0, 0.05) is 17.8 Å². The third-order valence-electron chi connectivity index (χ3n) is 3.66. The number of fused-ring (bicyclic) bond motifs is 1. The van der Waals surface area contributed by atoms with Crippen LogP contribution in [0.15, 0.2) is 42.6 Å². The van der Waals surface area contributed by atoms with Gasteiger partial charge in [0.2, 0.25) is 0 Å². The SMILES string of the molecule is COc1ccc(-c2nc3ccc(Cl)cn3c2/C=C/C(=O)O)cc1OC. The first-order valence-electron chi connectivity index (χ1n) is 7.34. The highest BCUT2D eigenvalue weighted by atomic mass is 35.5. The number of imidazole rings is 1. The Balaban J connectivity index is 2.24. The second-order valence-corrected chi connectivity index (χ2v) is 5.60. The van der Waals surface area contributed by atoms with Crippen molar-refractivity contribution < 1.29 is 19.4 Å². The van der Waals surface area contributed by atoms with E-state index in [2.05, 4.69) is 4.98 Å². The predicted octanol–water partition coefficient (Wildman–Crippen LogP) is 3.77. The van der Waals surface area contributed by atoms with Crippen molar-refractivity contribution in [1.82, 2.24) is 9.38 Å². The van der Waals surface area contributed by atoms with Crippen LogP contribution in [-0.2, 0) is 4.79 Å². The van der Waals surface area contributed by atoms with Crippen LogP contribution in [0.3, 0.4) is 0 Å². The first-order valence-corrected chi connectivity index (χ1v) is 7.72. The second-order valence-electron chi connectivity index (χ2n) is 5.16. The highest BCUT2D eigenvalue weighted by molar-refractivity contribution is 6.30. The summed E-state index contributed by atoms with van der Waals surface area (Å²) in [4.78, 5) is 15.5. The Morgan fingerprint density at radius 1 is 1.20 bits per heavy atom. The van der Waals surface area contributed by atoms with Crippen molar-refractivity contribution in [2.75, 3.05) is 14.2 Å². The van der Waals surface area contributed by atoms with Crippen LogP contribution in [0.2, 0.25) is 5.02 Å². The summed E-state index contributed by atoms with van der Waals surface area (Å²) >= 11 is 6.07. The minimum absolute atomic E-state index is 0.522. The molecule has 6 nitrogen and oxygen atoms in total. The van der Waals surface area contributed by atoms with Crippen molar-refractivity contribution in [3.8, 4) is 22.8 Å². The molecule has 1 N–H and O–H groups in total. The molecule has 0 spiro atoms. The van der Waals surface area contributed by atoms with Crippen molar-refractivity contribution in [3.63, 3.8) is 0 Å². The van der Waals surface area contributed by atoms with E-state index in [0.717, 1.165) is 11.6 Å². The maximum absolute atomic E-state index is 11.0. The number of ether oxygens (including phenoxy) is 2. The molecule has 7 heteroatoms. The maximum atomic E-state index is 11.0. The third kappa shape index (κ3) is 3.29. The van der Waals surface area contributed by atoms with Crippen LogP contribution < -0.4 is 9.47 Å². The number of aliphatic carboxylic acids is 1. The number of hydrogen-bond donors (Lipinski definition) is 1. The number of methoxy groups -OCH3 is 2. The van der Waals surface area contributed by atoms with Gasteiger partial charge in [0.1, 0.15) is 5.65 Å². The molecule has 0 aliphatic heterocycles. The van der Waals surface area contributed by atoms with Crippen LogP contribution in [0, 0.1) is 0 Å².